The molecule has 0 aromatic heterocycles. The standard InChI is InChI=1S/C15H23NO2/c1-15(12-18,14-5-3-2-4-6-14)11-16-8-7-13(9-16)10-17/h2-6,13,17-18H,7-12H2,1H3. The summed E-state index contributed by atoms with van der Waals surface area (Å²) in [6, 6.07) is 10.2. The maximum Gasteiger partial charge on any atom is 0.0537 e. The molecule has 3 heteroatoms. The van der Waals surface area contributed by atoms with Crippen LogP contribution in [0.1, 0.15) is 18.9 Å². The average Bonchev–Trinajstić information content (AvgIpc) is 2.87. The Bertz CT molecular complexity index is 368. The van der Waals surface area contributed by atoms with Crippen molar-refractivity contribution < 1.29 is 10.2 Å². The van der Waals surface area contributed by atoms with Gasteiger partial charge in [0.05, 0.1) is 6.61 Å². The predicted octanol–water partition coefficient (Wildman–Crippen LogP) is 1.25. The number of nitrogens with zero attached hydrogens (tertiary/aromatic N) is 1. The van der Waals surface area contributed by atoms with E-state index < -0.39 is 0 Å². The van der Waals surface area contributed by atoms with E-state index in [0.29, 0.717) is 5.92 Å². The fourth-order valence-corrected chi connectivity index (χ4v) is 2.77. The highest BCUT2D eigenvalue weighted by atomic mass is 16.3. The zero-order chi connectivity index (χ0) is 13.0. The summed E-state index contributed by atoms with van der Waals surface area (Å²) in [5.41, 5.74) is 0.964. The zero-order valence-corrected chi connectivity index (χ0v) is 11.0. The molecule has 1 heterocycles. The van der Waals surface area contributed by atoms with E-state index in [2.05, 4.69) is 24.0 Å². The van der Waals surface area contributed by atoms with Crippen molar-refractivity contribution in [3.8, 4) is 0 Å². The third kappa shape index (κ3) is 2.91. The largest absolute Gasteiger partial charge is 0.396 e. The van der Waals surface area contributed by atoms with E-state index in [4.69, 9.17) is 0 Å². The SMILES string of the molecule is CC(CO)(CN1CCC(CO)C1)c1ccccc1. The van der Waals surface area contributed by atoms with Crippen molar-refractivity contribution in [2.24, 2.45) is 5.92 Å². The Labute approximate surface area is 109 Å². The number of likely N-dealkylation sites (tertiary alicyclic amines) is 1. The molecule has 0 spiro atoms. The molecule has 1 aliphatic rings. The Morgan fingerprint density at radius 3 is 2.56 bits per heavy atom. The van der Waals surface area contributed by atoms with Crippen molar-refractivity contribution in [2.75, 3.05) is 32.8 Å². The van der Waals surface area contributed by atoms with Crippen LogP contribution in [0, 0.1) is 5.92 Å². The number of benzene rings is 1. The van der Waals surface area contributed by atoms with Gasteiger partial charge >= 0.3 is 0 Å². The van der Waals surface area contributed by atoms with Crippen molar-refractivity contribution in [3.63, 3.8) is 0 Å². The molecule has 2 unspecified atom stereocenters. The molecule has 0 aliphatic carbocycles. The molecule has 0 bridgehead atoms. The summed E-state index contributed by atoms with van der Waals surface area (Å²) in [5.74, 6) is 0.406. The summed E-state index contributed by atoms with van der Waals surface area (Å²) in [5, 5.41) is 18.9. The molecule has 1 aromatic carbocycles. The Balaban J connectivity index is 2.05. The van der Waals surface area contributed by atoms with Crippen LogP contribution in [-0.2, 0) is 5.41 Å². The fourth-order valence-electron chi connectivity index (χ4n) is 2.77. The highest BCUT2D eigenvalue weighted by molar-refractivity contribution is 5.25. The van der Waals surface area contributed by atoms with E-state index in [0.717, 1.165) is 26.1 Å². The smallest absolute Gasteiger partial charge is 0.0537 e. The van der Waals surface area contributed by atoms with E-state index in [1.54, 1.807) is 0 Å². The minimum Gasteiger partial charge on any atom is -0.396 e. The normalized spacial score (nSPS) is 24.1. The van der Waals surface area contributed by atoms with E-state index in [9.17, 15) is 10.2 Å². The monoisotopic (exact) mass is 249 g/mol. The molecule has 0 radical (unpaired) electrons. The third-order valence-corrected chi connectivity index (χ3v) is 4.02. The van der Waals surface area contributed by atoms with Crippen molar-refractivity contribution in [1.29, 1.82) is 0 Å². The van der Waals surface area contributed by atoms with Crippen molar-refractivity contribution in [3.05, 3.63) is 35.9 Å². The topological polar surface area (TPSA) is 43.7 Å². The van der Waals surface area contributed by atoms with Crippen LogP contribution in [0.25, 0.3) is 0 Å². The molecule has 1 aliphatic heterocycles. The summed E-state index contributed by atoms with van der Waals surface area (Å²) < 4.78 is 0. The molecule has 2 N–H and O–H groups in total. The number of aliphatic hydroxyl groups is 2. The second-order valence-electron chi connectivity index (χ2n) is 5.66. The highest BCUT2D eigenvalue weighted by Gasteiger charge is 2.31. The number of hydrogen-bond donors (Lipinski definition) is 2. The quantitative estimate of drug-likeness (QED) is 0.825. The van der Waals surface area contributed by atoms with Gasteiger partial charge in [-0.2, -0.15) is 0 Å². The van der Waals surface area contributed by atoms with Gasteiger partial charge in [-0.25, -0.2) is 0 Å². The number of rotatable bonds is 5. The van der Waals surface area contributed by atoms with Gasteiger partial charge in [0.2, 0.25) is 0 Å². The van der Waals surface area contributed by atoms with Gasteiger partial charge < -0.3 is 15.1 Å². The second kappa shape index (κ2) is 5.83. The van der Waals surface area contributed by atoms with E-state index in [1.165, 1.54) is 5.56 Å². The molecule has 2 atom stereocenters. The first kappa shape index (κ1) is 13.5. The number of hydrogen-bond acceptors (Lipinski definition) is 3. The van der Waals surface area contributed by atoms with E-state index in [-0.39, 0.29) is 18.6 Å². The first-order valence-corrected chi connectivity index (χ1v) is 6.67. The Kier molecular flexibility index (Phi) is 4.38. The molecule has 0 saturated carbocycles. The molecule has 2 rings (SSSR count). The summed E-state index contributed by atoms with van der Waals surface area (Å²) >= 11 is 0. The first-order chi connectivity index (χ1) is 8.68. The van der Waals surface area contributed by atoms with Crippen LogP contribution >= 0.6 is 0 Å². The predicted molar refractivity (Wildman–Crippen MR) is 72.5 cm³/mol. The van der Waals surface area contributed by atoms with Crippen LogP contribution in [0.5, 0.6) is 0 Å². The number of aliphatic hydroxyl groups excluding tert-OH is 2. The van der Waals surface area contributed by atoms with Gasteiger partial charge in [-0.05, 0) is 24.4 Å². The lowest BCUT2D eigenvalue weighted by Crippen LogP contribution is -2.40. The van der Waals surface area contributed by atoms with Gasteiger partial charge in [0, 0.05) is 25.1 Å². The lowest BCUT2D eigenvalue weighted by molar-refractivity contribution is 0.151. The second-order valence-corrected chi connectivity index (χ2v) is 5.66. The fraction of sp³-hybridized carbons (Fsp3) is 0.600. The van der Waals surface area contributed by atoms with Gasteiger partial charge in [-0.15, -0.1) is 0 Å². The van der Waals surface area contributed by atoms with Crippen LogP contribution in [0.2, 0.25) is 0 Å². The van der Waals surface area contributed by atoms with Crippen LogP contribution in [0.15, 0.2) is 30.3 Å². The Hall–Kier alpha value is -0.900. The van der Waals surface area contributed by atoms with Crippen molar-refractivity contribution >= 4 is 0 Å². The maximum absolute atomic E-state index is 9.75. The Morgan fingerprint density at radius 2 is 2.00 bits per heavy atom. The molecule has 0 amide bonds. The summed E-state index contributed by atoms with van der Waals surface area (Å²) in [6.07, 6.45) is 1.06. The minimum atomic E-state index is -0.217. The molecule has 18 heavy (non-hydrogen) atoms. The summed E-state index contributed by atoms with van der Waals surface area (Å²) in [4.78, 5) is 2.35. The summed E-state index contributed by atoms with van der Waals surface area (Å²) in [6.45, 7) is 5.35. The maximum atomic E-state index is 9.75. The van der Waals surface area contributed by atoms with Gasteiger partial charge in [0.15, 0.2) is 0 Å². The van der Waals surface area contributed by atoms with Crippen molar-refractivity contribution in [2.45, 2.75) is 18.8 Å². The molecule has 100 valence electrons. The van der Waals surface area contributed by atoms with E-state index >= 15 is 0 Å². The van der Waals surface area contributed by atoms with Gasteiger partial charge in [-0.1, -0.05) is 37.3 Å². The average molecular weight is 249 g/mol. The van der Waals surface area contributed by atoms with Gasteiger partial charge in [0.1, 0.15) is 0 Å². The lowest BCUT2D eigenvalue weighted by Gasteiger charge is -2.32. The highest BCUT2D eigenvalue weighted by Crippen LogP contribution is 2.27. The van der Waals surface area contributed by atoms with Crippen molar-refractivity contribution in [1.82, 2.24) is 4.90 Å². The summed E-state index contributed by atoms with van der Waals surface area (Å²) in [7, 11) is 0. The minimum absolute atomic E-state index is 0.150. The van der Waals surface area contributed by atoms with Crippen LogP contribution < -0.4 is 0 Å². The van der Waals surface area contributed by atoms with Crippen LogP contribution in [-0.4, -0.2) is 48.0 Å². The van der Waals surface area contributed by atoms with Gasteiger partial charge in [0.25, 0.3) is 0 Å². The molecule has 1 fully saturated rings. The molecule has 1 aromatic rings. The van der Waals surface area contributed by atoms with Crippen LogP contribution in [0.3, 0.4) is 0 Å². The van der Waals surface area contributed by atoms with E-state index in [1.807, 2.05) is 18.2 Å². The molecular weight excluding hydrogens is 226 g/mol. The third-order valence-electron chi connectivity index (χ3n) is 4.02. The van der Waals surface area contributed by atoms with Crippen LogP contribution in [0.4, 0.5) is 0 Å². The first-order valence-electron chi connectivity index (χ1n) is 6.67. The van der Waals surface area contributed by atoms with Gasteiger partial charge in [-0.3, -0.25) is 0 Å². The zero-order valence-electron chi connectivity index (χ0n) is 11.0. The lowest BCUT2D eigenvalue weighted by atomic mass is 9.83. The molecule has 1 saturated heterocycles. The molecule has 3 nitrogen and oxygen atoms in total. The Morgan fingerprint density at radius 1 is 1.28 bits per heavy atom. The molecular formula is C15H23NO2.